The number of hydrogen-bond acceptors (Lipinski definition) is 3. The summed E-state index contributed by atoms with van der Waals surface area (Å²) >= 11 is 7.29. The molecule has 1 aromatic heterocycles. The highest BCUT2D eigenvalue weighted by molar-refractivity contribution is 7.08. The van der Waals surface area contributed by atoms with Crippen LogP contribution in [-0.2, 0) is 4.79 Å². The summed E-state index contributed by atoms with van der Waals surface area (Å²) < 4.78 is 0. The van der Waals surface area contributed by atoms with Crippen LogP contribution in [-0.4, -0.2) is 12.1 Å². The minimum Gasteiger partial charge on any atom is -0.273 e. The van der Waals surface area contributed by atoms with E-state index in [4.69, 9.17) is 11.6 Å². The molecule has 5 heteroatoms. The summed E-state index contributed by atoms with van der Waals surface area (Å²) in [6, 6.07) is 0. The summed E-state index contributed by atoms with van der Waals surface area (Å²) in [6.07, 6.45) is 1.96. The lowest BCUT2D eigenvalue weighted by Gasteiger charge is -1.92. The number of amides is 1. The third-order valence-electron chi connectivity index (χ3n) is 1.36. The summed E-state index contributed by atoms with van der Waals surface area (Å²) in [4.78, 5) is 10.8. The van der Waals surface area contributed by atoms with Crippen molar-refractivity contribution < 1.29 is 4.79 Å². The molecule has 0 aliphatic carbocycles. The van der Waals surface area contributed by atoms with Gasteiger partial charge in [0.1, 0.15) is 0 Å². The molecule has 0 aliphatic rings. The van der Waals surface area contributed by atoms with Gasteiger partial charge in [-0.1, -0.05) is 18.5 Å². The van der Waals surface area contributed by atoms with Gasteiger partial charge >= 0.3 is 0 Å². The summed E-state index contributed by atoms with van der Waals surface area (Å²) in [5.74, 6) is -0.109. The molecule has 70 valence electrons. The molecule has 13 heavy (non-hydrogen) atoms. The number of hydrazone groups is 1. The molecule has 0 spiro atoms. The first kappa shape index (κ1) is 10.2. The molecule has 1 rings (SSSR count). The molecule has 0 atom stereocenters. The highest BCUT2D eigenvalue weighted by atomic mass is 35.5. The molecule has 1 N–H and O–H groups in total. The Morgan fingerprint density at radius 3 is 3.08 bits per heavy atom. The Kier molecular flexibility index (Phi) is 3.92. The van der Waals surface area contributed by atoms with Gasteiger partial charge in [0, 0.05) is 22.7 Å². The fraction of sp³-hybridized carbons (Fsp3) is 0.250. The van der Waals surface area contributed by atoms with Crippen LogP contribution in [0, 0.1) is 0 Å². The van der Waals surface area contributed by atoms with Gasteiger partial charge in [0.25, 0.3) is 0 Å². The van der Waals surface area contributed by atoms with Gasteiger partial charge < -0.3 is 0 Å². The maximum Gasteiger partial charge on any atom is 0.239 e. The van der Waals surface area contributed by atoms with E-state index >= 15 is 0 Å². The zero-order chi connectivity index (χ0) is 9.68. The zero-order valence-corrected chi connectivity index (χ0v) is 8.65. The van der Waals surface area contributed by atoms with Gasteiger partial charge in [0.2, 0.25) is 5.91 Å². The highest BCUT2D eigenvalue weighted by Gasteiger charge is 1.97. The lowest BCUT2D eigenvalue weighted by Crippen LogP contribution is -2.15. The predicted molar refractivity (Wildman–Crippen MR) is 55.4 cm³/mol. The number of carbonyl (C=O) groups is 1. The minimum absolute atomic E-state index is 0.109. The summed E-state index contributed by atoms with van der Waals surface area (Å²) in [7, 11) is 0. The molecular weight excluding hydrogens is 208 g/mol. The van der Waals surface area contributed by atoms with Crippen LogP contribution in [0.15, 0.2) is 15.9 Å². The van der Waals surface area contributed by atoms with E-state index in [2.05, 4.69) is 10.5 Å². The molecule has 1 aromatic rings. The van der Waals surface area contributed by atoms with Gasteiger partial charge in [0.15, 0.2) is 0 Å². The van der Waals surface area contributed by atoms with Crippen molar-refractivity contribution in [2.24, 2.45) is 5.10 Å². The van der Waals surface area contributed by atoms with E-state index < -0.39 is 0 Å². The highest BCUT2D eigenvalue weighted by Crippen LogP contribution is 2.18. The zero-order valence-electron chi connectivity index (χ0n) is 7.08. The van der Waals surface area contributed by atoms with Crippen LogP contribution in [0.3, 0.4) is 0 Å². The Balaban J connectivity index is 2.50. The molecular formula is C8H9ClN2OS. The lowest BCUT2D eigenvalue weighted by atomic mass is 10.4. The van der Waals surface area contributed by atoms with Crippen molar-refractivity contribution >= 4 is 35.1 Å². The van der Waals surface area contributed by atoms with Crippen LogP contribution >= 0.6 is 22.9 Å². The van der Waals surface area contributed by atoms with Crippen LogP contribution in [0.2, 0.25) is 5.02 Å². The van der Waals surface area contributed by atoms with Crippen LogP contribution < -0.4 is 5.43 Å². The van der Waals surface area contributed by atoms with Gasteiger partial charge in [0.05, 0.1) is 11.2 Å². The van der Waals surface area contributed by atoms with Crippen molar-refractivity contribution in [3.63, 3.8) is 0 Å². The first-order valence-electron chi connectivity index (χ1n) is 3.77. The summed E-state index contributed by atoms with van der Waals surface area (Å²) in [5.41, 5.74) is 3.20. The van der Waals surface area contributed by atoms with E-state index in [1.807, 2.05) is 10.8 Å². The maximum absolute atomic E-state index is 10.8. The van der Waals surface area contributed by atoms with Crippen LogP contribution in [0.25, 0.3) is 0 Å². The Morgan fingerprint density at radius 1 is 1.77 bits per heavy atom. The summed E-state index contributed by atoms with van der Waals surface area (Å²) in [5, 5.41) is 8.07. The van der Waals surface area contributed by atoms with Crippen LogP contribution in [0.5, 0.6) is 0 Å². The first-order valence-corrected chi connectivity index (χ1v) is 5.09. The summed E-state index contributed by atoms with van der Waals surface area (Å²) in [6.45, 7) is 1.77. The van der Waals surface area contributed by atoms with Gasteiger partial charge in [-0.05, 0) is 0 Å². The van der Waals surface area contributed by atoms with Gasteiger partial charge in [-0.2, -0.15) is 16.4 Å². The Morgan fingerprint density at radius 2 is 2.54 bits per heavy atom. The average Bonchev–Trinajstić information content (AvgIpc) is 2.52. The molecule has 0 aliphatic heterocycles. The Labute approximate surface area is 85.4 Å². The second-order valence-corrected chi connectivity index (χ2v) is 3.47. The van der Waals surface area contributed by atoms with Crippen molar-refractivity contribution in [1.82, 2.24) is 5.43 Å². The van der Waals surface area contributed by atoms with E-state index in [0.717, 1.165) is 5.56 Å². The topological polar surface area (TPSA) is 41.5 Å². The maximum atomic E-state index is 10.8. The smallest absolute Gasteiger partial charge is 0.239 e. The molecule has 1 amide bonds. The first-order chi connectivity index (χ1) is 6.24. The predicted octanol–water partition coefficient (Wildman–Crippen LogP) is 2.26. The largest absolute Gasteiger partial charge is 0.273 e. The van der Waals surface area contributed by atoms with Crippen molar-refractivity contribution in [3.8, 4) is 0 Å². The number of halogens is 1. The van der Waals surface area contributed by atoms with Crippen LogP contribution in [0.4, 0.5) is 0 Å². The van der Waals surface area contributed by atoms with E-state index in [9.17, 15) is 4.79 Å². The number of hydrogen-bond donors (Lipinski definition) is 1. The molecule has 0 unspecified atom stereocenters. The third-order valence-corrected chi connectivity index (χ3v) is 2.57. The second kappa shape index (κ2) is 4.99. The fourth-order valence-corrected chi connectivity index (χ4v) is 1.62. The standard InChI is InChI=1S/C8H9ClN2OS/c1-2-8(12)11-10-3-6-4-13-5-7(6)9/h3-5H,2H2,1H3,(H,11,12)/b10-3+. The third kappa shape index (κ3) is 3.16. The molecule has 0 saturated heterocycles. The fourth-order valence-electron chi connectivity index (χ4n) is 0.636. The van der Waals surface area contributed by atoms with Gasteiger partial charge in [-0.25, -0.2) is 5.43 Å². The number of carbonyl (C=O) groups excluding carboxylic acids is 1. The number of nitrogens with one attached hydrogen (secondary N) is 1. The lowest BCUT2D eigenvalue weighted by molar-refractivity contribution is -0.120. The molecule has 0 aromatic carbocycles. The number of nitrogens with zero attached hydrogens (tertiary/aromatic N) is 1. The van der Waals surface area contributed by atoms with Crippen LogP contribution in [0.1, 0.15) is 18.9 Å². The van der Waals surface area contributed by atoms with E-state index in [1.165, 1.54) is 17.6 Å². The van der Waals surface area contributed by atoms with Gasteiger partial charge in [-0.3, -0.25) is 4.79 Å². The SMILES string of the molecule is CCC(=O)N/N=C/c1cscc1Cl. The van der Waals surface area contributed by atoms with Crippen molar-refractivity contribution in [1.29, 1.82) is 0 Å². The van der Waals surface area contributed by atoms with E-state index in [0.29, 0.717) is 11.4 Å². The molecule has 0 radical (unpaired) electrons. The van der Waals surface area contributed by atoms with Crippen molar-refractivity contribution in [2.75, 3.05) is 0 Å². The quantitative estimate of drug-likeness (QED) is 0.611. The van der Waals surface area contributed by atoms with E-state index in [-0.39, 0.29) is 5.91 Å². The van der Waals surface area contributed by atoms with E-state index in [1.54, 1.807) is 6.92 Å². The monoisotopic (exact) mass is 216 g/mol. The molecule has 0 fully saturated rings. The van der Waals surface area contributed by atoms with Gasteiger partial charge in [-0.15, -0.1) is 0 Å². The minimum atomic E-state index is -0.109. The second-order valence-electron chi connectivity index (χ2n) is 2.32. The molecule has 0 saturated carbocycles. The normalized spacial score (nSPS) is 10.6. The Bertz CT molecular complexity index is 322. The Hall–Kier alpha value is -0.870. The van der Waals surface area contributed by atoms with Crippen molar-refractivity contribution in [3.05, 3.63) is 21.3 Å². The average molecular weight is 217 g/mol. The number of rotatable bonds is 3. The molecule has 1 heterocycles. The van der Waals surface area contributed by atoms with Crippen molar-refractivity contribution in [2.45, 2.75) is 13.3 Å². The molecule has 3 nitrogen and oxygen atoms in total. The molecule has 0 bridgehead atoms. The number of thiophene rings is 1.